The van der Waals surface area contributed by atoms with E-state index in [-0.39, 0.29) is 17.3 Å². The van der Waals surface area contributed by atoms with Crippen LogP contribution < -0.4 is 4.74 Å². The summed E-state index contributed by atoms with van der Waals surface area (Å²) in [6.07, 6.45) is -4.76. The lowest BCUT2D eigenvalue weighted by atomic mass is 10.0. The van der Waals surface area contributed by atoms with Crippen LogP contribution in [0.5, 0.6) is 5.75 Å². The number of rotatable bonds is 3. The second-order valence-corrected chi connectivity index (χ2v) is 6.98. The summed E-state index contributed by atoms with van der Waals surface area (Å²) >= 11 is 0. The first kappa shape index (κ1) is 19.0. The summed E-state index contributed by atoms with van der Waals surface area (Å²) in [5.41, 5.74) is -0.634. The molecule has 0 aliphatic carbocycles. The maximum Gasteiger partial charge on any atom is 0.573 e. The SMILES string of the molecule is CC(C)(C)OC(=O)N1CC[C@H]1c1noc(-c2ccccc2OC(F)(F)F)n1. The highest BCUT2D eigenvalue weighted by atomic mass is 19.4. The number of halogens is 3. The van der Waals surface area contributed by atoms with Crippen LogP contribution in [-0.4, -0.2) is 39.6 Å². The number of aromatic nitrogens is 2. The Morgan fingerprint density at radius 2 is 1.96 bits per heavy atom. The van der Waals surface area contributed by atoms with E-state index in [9.17, 15) is 18.0 Å². The van der Waals surface area contributed by atoms with Gasteiger partial charge in [0.05, 0.1) is 5.56 Å². The molecule has 0 N–H and O–H groups in total. The van der Waals surface area contributed by atoms with Crippen molar-refractivity contribution in [1.29, 1.82) is 0 Å². The van der Waals surface area contributed by atoms with E-state index in [4.69, 9.17) is 9.26 Å². The second-order valence-electron chi connectivity index (χ2n) is 6.98. The van der Waals surface area contributed by atoms with E-state index in [1.807, 2.05) is 0 Å². The molecular formula is C17H18F3N3O4. The zero-order valence-electron chi connectivity index (χ0n) is 14.9. The van der Waals surface area contributed by atoms with Crippen LogP contribution in [0.1, 0.15) is 39.1 Å². The van der Waals surface area contributed by atoms with Gasteiger partial charge in [0.15, 0.2) is 5.82 Å². The Bertz CT molecular complexity index is 829. The highest BCUT2D eigenvalue weighted by Gasteiger charge is 2.39. The fourth-order valence-electron chi connectivity index (χ4n) is 2.53. The van der Waals surface area contributed by atoms with E-state index in [1.54, 1.807) is 20.8 Å². The fourth-order valence-corrected chi connectivity index (χ4v) is 2.53. The normalized spacial score (nSPS) is 17.4. The lowest BCUT2D eigenvalue weighted by Crippen LogP contribution is -2.47. The minimum Gasteiger partial charge on any atom is -0.444 e. The monoisotopic (exact) mass is 385 g/mol. The van der Waals surface area contributed by atoms with E-state index in [2.05, 4.69) is 14.9 Å². The van der Waals surface area contributed by atoms with E-state index in [1.165, 1.54) is 23.1 Å². The topological polar surface area (TPSA) is 77.7 Å². The molecule has 0 spiro atoms. The number of likely N-dealkylation sites (tertiary alicyclic amines) is 1. The molecule has 2 heterocycles. The molecule has 1 aromatic heterocycles. The van der Waals surface area contributed by atoms with Crippen LogP contribution in [-0.2, 0) is 4.74 Å². The second kappa shape index (κ2) is 6.75. The number of hydrogen-bond acceptors (Lipinski definition) is 6. The van der Waals surface area contributed by atoms with Crippen molar-refractivity contribution >= 4 is 6.09 Å². The van der Waals surface area contributed by atoms with Crippen LogP contribution >= 0.6 is 0 Å². The van der Waals surface area contributed by atoms with Gasteiger partial charge in [-0.25, -0.2) is 4.79 Å². The molecule has 0 unspecified atom stereocenters. The molecule has 27 heavy (non-hydrogen) atoms. The van der Waals surface area contributed by atoms with Gasteiger partial charge in [0.25, 0.3) is 5.89 Å². The molecule has 7 nitrogen and oxygen atoms in total. The van der Waals surface area contributed by atoms with E-state index in [0.717, 1.165) is 6.07 Å². The average Bonchev–Trinajstić information content (AvgIpc) is 2.91. The van der Waals surface area contributed by atoms with Gasteiger partial charge in [0.1, 0.15) is 17.4 Å². The first-order chi connectivity index (χ1) is 12.5. The first-order valence-corrected chi connectivity index (χ1v) is 8.22. The van der Waals surface area contributed by atoms with Crippen molar-refractivity contribution in [2.45, 2.75) is 45.2 Å². The third kappa shape index (κ3) is 4.50. The zero-order valence-corrected chi connectivity index (χ0v) is 14.9. The largest absolute Gasteiger partial charge is 0.573 e. The smallest absolute Gasteiger partial charge is 0.444 e. The van der Waals surface area contributed by atoms with Crippen LogP contribution in [0, 0.1) is 0 Å². The molecule has 0 bridgehead atoms. The number of carbonyl (C=O) groups is 1. The van der Waals surface area contributed by atoms with Gasteiger partial charge in [0, 0.05) is 6.54 Å². The highest BCUT2D eigenvalue weighted by molar-refractivity contribution is 5.70. The lowest BCUT2D eigenvalue weighted by Gasteiger charge is -2.39. The number of hydrogen-bond donors (Lipinski definition) is 0. The zero-order chi connectivity index (χ0) is 19.8. The number of amides is 1. The van der Waals surface area contributed by atoms with Gasteiger partial charge in [-0.3, -0.25) is 4.90 Å². The van der Waals surface area contributed by atoms with Crippen LogP contribution in [0.25, 0.3) is 11.5 Å². The summed E-state index contributed by atoms with van der Waals surface area (Å²) in [5, 5.41) is 3.81. The van der Waals surface area contributed by atoms with Gasteiger partial charge in [-0.1, -0.05) is 17.3 Å². The van der Waals surface area contributed by atoms with Crippen molar-refractivity contribution in [2.75, 3.05) is 6.54 Å². The van der Waals surface area contributed by atoms with Gasteiger partial charge in [-0.05, 0) is 39.3 Å². The van der Waals surface area contributed by atoms with Gasteiger partial charge < -0.3 is 14.0 Å². The molecule has 1 aliphatic rings. The van der Waals surface area contributed by atoms with Crippen molar-refractivity contribution in [3.8, 4) is 17.2 Å². The molecule has 1 atom stereocenters. The average molecular weight is 385 g/mol. The Kier molecular flexibility index (Phi) is 4.75. The number of carbonyl (C=O) groups excluding carboxylic acids is 1. The van der Waals surface area contributed by atoms with Crippen molar-refractivity contribution in [3.63, 3.8) is 0 Å². The summed E-state index contributed by atoms with van der Waals surface area (Å²) in [6.45, 7) is 5.73. The number of ether oxygens (including phenoxy) is 2. The summed E-state index contributed by atoms with van der Waals surface area (Å²) in [7, 11) is 0. The summed E-state index contributed by atoms with van der Waals surface area (Å²) < 4.78 is 52.1. The van der Waals surface area contributed by atoms with Crippen molar-refractivity contribution in [1.82, 2.24) is 15.0 Å². The Balaban J connectivity index is 1.79. The molecule has 146 valence electrons. The maximum atomic E-state index is 12.6. The molecule has 2 aromatic rings. The summed E-state index contributed by atoms with van der Waals surface area (Å²) in [6, 6.07) is 5.01. The molecule has 1 fully saturated rings. The van der Waals surface area contributed by atoms with Crippen LogP contribution in [0.2, 0.25) is 0 Å². The van der Waals surface area contributed by atoms with Gasteiger partial charge in [-0.2, -0.15) is 4.98 Å². The van der Waals surface area contributed by atoms with Crippen molar-refractivity contribution in [3.05, 3.63) is 30.1 Å². The maximum absolute atomic E-state index is 12.6. The van der Waals surface area contributed by atoms with E-state index in [0.29, 0.717) is 13.0 Å². The van der Waals surface area contributed by atoms with Crippen molar-refractivity contribution in [2.24, 2.45) is 0 Å². The molecule has 1 amide bonds. The third-order valence-electron chi connectivity index (χ3n) is 3.73. The Morgan fingerprint density at radius 1 is 1.26 bits per heavy atom. The molecular weight excluding hydrogens is 367 g/mol. The van der Waals surface area contributed by atoms with E-state index < -0.39 is 29.8 Å². The minimum atomic E-state index is -4.85. The summed E-state index contributed by atoms with van der Waals surface area (Å²) in [4.78, 5) is 17.8. The van der Waals surface area contributed by atoms with Gasteiger partial charge in [-0.15, -0.1) is 13.2 Å². The Labute approximate surface area is 153 Å². The molecule has 10 heteroatoms. The molecule has 1 aromatic carbocycles. The number of alkyl halides is 3. The predicted octanol–water partition coefficient (Wildman–Crippen LogP) is 4.32. The van der Waals surface area contributed by atoms with Crippen LogP contribution in [0.15, 0.2) is 28.8 Å². The molecule has 0 saturated carbocycles. The standard InChI is InChI=1S/C17H18F3N3O4/c1-16(2,3)26-15(24)23-9-8-11(23)13-21-14(27-22-13)10-6-4-5-7-12(10)25-17(18,19)20/h4-7,11H,8-9H2,1-3H3/t11-/m0/s1. The first-order valence-electron chi connectivity index (χ1n) is 8.22. The number of benzene rings is 1. The lowest BCUT2D eigenvalue weighted by molar-refractivity contribution is -0.274. The molecule has 3 rings (SSSR count). The van der Waals surface area contributed by atoms with Crippen molar-refractivity contribution < 1.29 is 32.0 Å². The highest BCUT2D eigenvalue weighted by Crippen LogP contribution is 2.36. The number of para-hydroxylation sites is 1. The summed E-state index contributed by atoms with van der Waals surface area (Å²) in [5.74, 6) is -0.373. The predicted molar refractivity (Wildman–Crippen MR) is 86.7 cm³/mol. The Hall–Kier alpha value is -2.78. The minimum absolute atomic E-state index is 0.0108. The fraction of sp³-hybridized carbons (Fsp3) is 0.471. The number of nitrogens with zero attached hydrogens (tertiary/aromatic N) is 3. The van der Waals surface area contributed by atoms with Gasteiger partial charge >= 0.3 is 12.5 Å². The molecule has 1 saturated heterocycles. The van der Waals surface area contributed by atoms with E-state index >= 15 is 0 Å². The quantitative estimate of drug-likeness (QED) is 0.783. The van der Waals surface area contributed by atoms with Crippen LogP contribution in [0.3, 0.4) is 0 Å². The Morgan fingerprint density at radius 3 is 2.56 bits per heavy atom. The third-order valence-corrected chi connectivity index (χ3v) is 3.73. The molecule has 0 radical (unpaired) electrons. The molecule has 1 aliphatic heterocycles. The van der Waals surface area contributed by atoms with Crippen LogP contribution in [0.4, 0.5) is 18.0 Å². The van der Waals surface area contributed by atoms with Gasteiger partial charge in [0.2, 0.25) is 0 Å².